The molecular weight excluding hydrogens is 654 g/mol. The fraction of sp³-hybridized carbons (Fsp3) is 0.528. The second-order valence-corrected chi connectivity index (χ2v) is 15.5. The number of carbonyl (C=O) groups excluding carboxylic acids is 5. The largest absolute Gasteiger partial charge is 0.494 e. The molecule has 13 nitrogen and oxygen atoms in total. The van der Waals surface area contributed by atoms with Gasteiger partial charge in [-0.3, -0.25) is 29.8 Å². The molecule has 3 heterocycles. The monoisotopic (exact) mass is 702 g/mol. The molecule has 0 bridgehead atoms. The predicted octanol–water partition coefficient (Wildman–Crippen LogP) is 2.36. The van der Waals surface area contributed by atoms with Gasteiger partial charge in [0.25, 0.3) is 11.8 Å². The Balaban J connectivity index is 1.11. The van der Waals surface area contributed by atoms with E-state index in [2.05, 4.69) is 21.3 Å². The normalized spacial score (nSPS) is 21.2. The molecule has 2 aromatic carbocycles. The minimum atomic E-state index is -1.54. The predicted molar refractivity (Wildman–Crippen MR) is 192 cm³/mol. The lowest BCUT2D eigenvalue weighted by Gasteiger charge is -2.34. The zero-order valence-electron chi connectivity index (χ0n) is 30.7. The zero-order chi connectivity index (χ0) is 37.4. The number of hydrogen-bond donors (Lipinski definition) is 4. The summed E-state index contributed by atoms with van der Waals surface area (Å²) in [4.78, 5) is 63.8. The molecule has 5 rings (SSSR count). The molecule has 4 N–H and O–H groups in total. The summed E-state index contributed by atoms with van der Waals surface area (Å²) in [7, 11) is -1.09. The van der Waals surface area contributed by atoms with E-state index in [-0.39, 0.29) is 50.6 Å². The molecule has 0 aromatic heterocycles. The Bertz CT molecular complexity index is 1520. The van der Waals surface area contributed by atoms with E-state index < -0.39 is 59.9 Å². The first kappa shape index (κ1) is 38.2. The maximum atomic E-state index is 13.1. The lowest BCUT2D eigenvalue weighted by atomic mass is 9.76. The Morgan fingerprint density at radius 3 is 1.20 bits per heavy atom. The third-order valence-electron chi connectivity index (χ3n) is 10.9. The van der Waals surface area contributed by atoms with Gasteiger partial charge >= 0.3 is 20.3 Å². The van der Waals surface area contributed by atoms with E-state index in [1.165, 1.54) is 0 Å². The number of benzene rings is 2. The smallest absolute Gasteiger partial charge is 0.399 e. The van der Waals surface area contributed by atoms with Crippen molar-refractivity contribution in [1.29, 1.82) is 0 Å². The molecule has 6 amide bonds. The van der Waals surface area contributed by atoms with E-state index in [1.807, 2.05) is 55.4 Å². The Morgan fingerprint density at radius 2 is 0.882 bits per heavy atom. The third kappa shape index (κ3) is 7.91. The number of nitrogens with one attached hydrogen (secondary N) is 4. The average Bonchev–Trinajstić information content (AvgIpc) is 3.42. The van der Waals surface area contributed by atoms with Crippen LogP contribution in [0.25, 0.3) is 0 Å². The molecule has 15 heteroatoms. The van der Waals surface area contributed by atoms with Crippen LogP contribution in [0, 0.1) is 5.41 Å². The quantitative estimate of drug-likeness (QED) is 0.147. The molecule has 3 saturated heterocycles. The van der Waals surface area contributed by atoms with Crippen LogP contribution in [0.5, 0.6) is 0 Å². The SMILES string of the molecule is CC1(C)OB(c2ccc(C(=O)NCCCC3(CCCNC(=O)c4ccc(B5OC(C)(C)C(C)(C)O5)cc4)C(=O)NC(=O)NC3=O)cc2)OC1(C)C. The highest BCUT2D eigenvalue weighted by molar-refractivity contribution is 6.62. The number of rotatable bonds is 12. The highest BCUT2D eigenvalue weighted by atomic mass is 16.7. The first-order valence-electron chi connectivity index (χ1n) is 17.4. The fourth-order valence-electron chi connectivity index (χ4n) is 6.09. The zero-order valence-corrected chi connectivity index (χ0v) is 30.7. The van der Waals surface area contributed by atoms with Crippen molar-refractivity contribution >= 4 is 54.8 Å². The molecule has 3 fully saturated rings. The molecule has 0 saturated carbocycles. The van der Waals surface area contributed by atoms with E-state index >= 15 is 0 Å². The minimum absolute atomic E-state index is 0.0768. The summed E-state index contributed by atoms with van der Waals surface area (Å²) in [6.07, 6.45) is 0.726. The van der Waals surface area contributed by atoms with Crippen molar-refractivity contribution in [1.82, 2.24) is 21.3 Å². The number of imide groups is 2. The molecule has 0 atom stereocenters. The molecule has 2 aromatic rings. The van der Waals surface area contributed by atoms with Gasteiger partial charge in [-0.15, -0.1) is 0 Å². The number of carbonyl (C=O) groups is 5. The van der Waals surface area contributed by atoms with Gasteiger partial charge in [0, 0.05) is 24.2 Å². The Morgan fingerprint density at radius 1 is 0.569 bits per heavy atom. The van der Waals surface area contributed by atoms with E-state index in [0.717, 1.165) is 10.9 Å². The Kier molecular flexibility index (Phi) is 10.6. The summed E-state index contributed by atoms with van der Waals surface area (Å²) in [6.45, 7) is 16.2. The minimum Gasteiger partial charge on any atom is -0.399 e. The summed E-state index contributed by atoms with van der Waals surface area (Å²) >= 11 is 0. The molecule has 0 aliphatic carbocycles. The Labute approximate surface area is 299 Å². The van der Waals surface area contributed by atoms with Gasteiger partial charge in [0.15, 0.2) is 0 Å². The second-order valence-electron chi connectivity index (χ2n) is 15.5. The lowest BCUT2D eigenvalue weighted by Crippen LogP contribution is -2.62. The van der Waals surface area contributed by atoms with Gasteiger partial charge in [0.2, 0.25) is 11.8 Å². The standard InChI is InChI=1S/C36H48B2N4O9/c1-32(2)33(3,4)49-37(48-32)25-15-11-23(12-16-25)27(43)39-21-9-19-36(29(45)41-31(47)42-30(36)46)20-10-22-40-28(44)24-13-17-26(18-14-24)38-50-34(5,6)35(7,8)51-38/h11-18H,9-10,19-22H2,1-8H3,(H,39,43)(H,40,44)(H2,41,42,45,46,47). The molecule has 0 radical (unpaired) electrons. The molecule has 3 aliphatic heterocycles. The van der Waals surface area contributed by atoms with Crippen LogP contribution in [-0.4, -0.2) is 79.4 Å². The maximum absolute atomic E-state index is 13.1. The highest BCUT2D eigenvalue weighted by Crippen LogP contribution is 2.37. The van der Waals surface area contributed by atoms with Gasteiger partial charge in [-0.25, -0.2) is 4.79 Å². The van der Waals surface area contributed by atoms with Crippen LogP contribution in [-0.2, 0) is 28.2 Å². The summed E-state index contributed by atoms with van der Waals surface area (Å²) in [5.74, 6) is -2.04. The van der Waals surface area contributed by atoms with Gasteiger partial charge < -0.3 is 29.3 Å². The third-order valence-corrected chi connectivity index (χ3v) is 10.9. The van der Waals surface area contributed by atoms with Crippen LogP contribution in [0.3, 0.4) is 0 Å². The lowest BCUT2D eigenvalue weighted by molar-refractivity contribution is -0.145. The molecule has 3 aliphatic rings. The van der Waals surface area contributed by atoms with Crippen LogP contribution in [0.2, 0.25) is 0 Å². The first-order valence-corrected chi connectivity index (χ1v) is 17.4. The van der Waals surface area contributed by atoms with Crippen molar-refractivity contribution in [2.24, 2.45) is 5.41 Å². The van der Waals surface area contributed by atoms with Crippen molar-refractivity contribution in [2.75, 3.05) is 13.1 Å². The molecule has 0 unspecified atom stereocenters. The second kappa shape index (κ2) is 14.2. The van der Waals surface area contributed by atoms with E-state index in [4.69, 9.17) is 18.6 Å². The van der Waals surface area contributed by atoms with Gasteiger partial charge in [0.05, 0.1) is 22.4 Å². The van der Waals surface area contributed by atoms with Crippen LogP contribution >= 0.6 is 0 Å². The van der Waals surface area contributed by atoms with Crippen LogP contribution in [0.15, 0.2) is 48.5 Å². The van der Waals surface area contributed by atoms with Gasteiger partial charge in [0.1, 0.15) is 5.41 Å². The number of hydrogen-bond acceptors (Lipinski definition) is 9. The van der Waals surface area contributed by atoms with Crippen molar-refractivity contribution < 1.29 is 42.6 Å². The summed E-state index contributed by atoms with van der Waals surface area (Å²) < 4.78 is 24.3. The number of amides is 6. The van der Waals surface area contributed by atoms with Gasteiger partial charge in [-0.1, -0.05) is 24.3 Å². The Hall–Kier alpha value is -4.04. The van der Waals surface area contributed by atoms with Gasteiger partial charge in [-0.05, 0) is 116 Å². The van der Waals surface area contributed by atoms with Crippen molar-refractivity contribution in [3.63, 3.8) is 0 Å². The highest BCUT2D eigenvalue weighted by Gasteiger charge is 2.53. The number of barbiturate groups is 1. The summed E-state index contributed by atoms with van der Waals surface area (Å²) in [6, 6.07) is 13.0. The van der Waals surface area contributed by atoms with Gasteiger partial charge in [-0.2, -0.15) is 0 Å². The van der Waals surface area contributed by atoms with Crippen molar-refractivity contribution in [3.8, 4) is 0 Å². The average molecular weight is 702 g/mol. The summed E-state index contributed by atoms with van der Waals surface area (Å²) in [5, 5.41) is 10.1. The van der Waals surface area contributed by atoms with Crippen LogP contribution < -0.4 is 32.2 Å². The molecule has 0 spiro atoms. The maximum Gasteiger partial charge on any atom is 0.494 e. The molecular formula is C36H48B2N4O9. The molecule has 51 heavy (non-hydrogen) atoms. The van der Waals surface area contributed by atoms with Crippen LogP contribution in [0.4, 0.5) is 4.79 Å². The molecule has 272 valence electrons. The van der Waals surface area contributed by atoms with Crippen molar-refractivity contribution in [3.05, 3.63) is 59.7 Å². The van der Waals surface area contributed by atoms with Crippen LogP contribution in [0.1, 0.15) is 102 Å². The summed E-state index contributed by atoms with van der Waals surface area (Å²) in [5.41, 5.74) is -1.02. The van der Waals surface area contributed by atoms with E-state index in [0.29, 0.717) is 11.1 Å². The van der Waals surface area contributed by atoms with Crippen molar-refractivity contribution in [2.45, 2.75) is 103 Å². The first-order chi connectivity index (χ1) is 23.8. The number of urea groups is 1. The fourth-order valence-corrected chi connectivity index (χ4v) is 6.09. The topological polar surface area (TPSA) is 170 Å². The van der Waals surface area contributed by atoms with E-state index in [1.54, 1.807) is 48.5 Å². The van der Waals surface area contributed by atoms with E-state index in [9.17, 15) is 24.0 Å².